The highest BCUT2D eigenvalue weighted by Crippen LogP contribution is 2.26. The van der Waals surface area contributed by atoms with E-state index >= 15 is 0 Å². The Bertz CT molecular complexity index is 948. The summed E-state index contributed by atoms with van der Waals surface area (Å²) in [6, 6.07) is 7.73. The fourth-order valence-electron chi connectivity index (χ4n) is 2.87. The van der Waals surface area contributed by atoms with Gasteiger partial charge in [0.1, 0.15) is 5.58 Å². The number of aryl methyl sites for hydroxylation is 2. The molecule has 0 aliphatic heterocycles. The summed E-state index contributed by atoms with van der Waals surface area (Å²) in [6.07, 6.45) is 5.49. The van der Waals surface area contributed by atoms with Crippen LogP contribution in [0.2, 0.25) is 0 Å². The molecule has 0 spiro atoms. The van der Waals surface area contributed by atoms with E-state index in [0.717, 1.165) is 33.2 Å². The third-order valence-corrected chi connectivity index (χ3v) is 4.58. The molecule has 2 aromatic heterocycles. The lowest BCUT2D eigenvalue weighted by atomic mass is 10.0. The molecule has 0 atom stereocenters. The highest BCUT2D eigenvalue weighted by molar-refractivity contribution is 5.89. The van der Waals surface area contributed by atoms with Gasteiger partial charge < -0.3 is 15.1 Å². The summed E-state index contributed by atoms with van der Waals surface area (Å²) >= 11 is 0. The average molecular weight is 365 g/mol. The maximum atomic E-state index is 12.2. The zero-order valence-corrected chi connectivity index (χ0v) is 15.5. The van der Waals surface area contributed by atoms with Gasteiger partial charge in [0, 0.05) is 42.9 Å². The van der Waals surface area contributed by atoms with Crippen LogP contribution in [-0.2, 0) is 22.6 Å². The molecule has 27 heavy (non-hydrogen) atoms. The van der Waals surface area contributed by atoms with Crippen molar-refractivity contribution in [1.82, 2.24) is 15.6 Å². The number of pyridine rings is 1. The predicted octanol–water partition coefficient (Wildman–Crippen LogP) is 2.81. The standard InChI is InChI=1S/C21H23N3O3/c1-14-5-6-18-17(13-27-21(18)15(14)2)10-20(26)23-9-7-19(25)24-12-16-4-3-8-22-11-16/h3-6,8,11,13H,7,9-10,12H2,1-2H3,(H,23,26)(H,24,25). The van der Waals surface area contributed by atoms with Gasteiger partial charge >= 0.3 is 0 Å². The van der Waals surface area contributed by atoms with Gasteiger partial charge in [0.25, 0.3) is 0 Å². The molecule has 0 aliphatic rings. The van der Waals surface area contributed by atoms with Gasteiger partial charge in [0.15, 0.2) is 0 Å². The Kier molecular flexibility index (Phi) is 5.86. The van der Waals surface area contributed by atoms with Crippen LogP contribution in [0.5, 0.6) is 0 Å². The van der Waals surface area contributed by atoms with Crippen molar-refractivity contribution in [3.63, 3.8) is 0 Å². The van der Waals surface area contributed by atoms with Crippen molar-refractivity contribution in [2.24, 2.45) is 0 Å². The van der Waals surface area contributed by atoms with Crippen molar-refractivity contribution in [3.8, 4) is 0 Å². The van der Waals surface area contributed by atoms with Crippen LogP contribution in [0, 0.1) is 13.8 Å². The van der Waals surface area contributed by atoms with Gasteiger partial charge in [-0.15, -0.1) is 0 Å². The number of hydrogen-bond acceptors (Lipinski definition) is 4. The number of carbonyl (C=O) groups excluding carboxylic acids is 2. The molecule has 1 aromatic carbocycles. The number of nitrogens with zero attached hydrogens (tertiary/aromatic N) is 1. The third kappa shape index (κ3) is 4.73. The molecule has 2 amide bonds. The number of amides is 2. The first-order valence-corrected chi connectivity index (χ1v) is 8.93. The summed E-state index contributed by atoms with van der Waals surface area (Å²) in [6.45, 7) is 4.77. The van der Waals surface area contributed by atoms with Crippen molar-refractivity contribution in [3.05, 3.63) is 65.2 Å². The number of hydrogen-bond donors (Lipinski definition) is 2. The van der Waals surface area contributed by atoms with Crippen molar-refractivity contribution >= 4 is 22.8 Å². The van der Waals surface area contributed by atoms with Crippen LogP contribution in [0.1, 0.15) is 28.7 Å². The molecule has 0 unspecified atom stereocenters. The molecule has 2 heterocycles. The second kappa shape index (κ2) is 8.49. The lowest BCUT2D eigenvalue weighted by Gasteiger charge is -2.07. The van der Waals surface area contributed by atoms with Crippen molar-refractivity contribution in [2.75, 3.05) is 6.54 Å². The van der Waals surface area contributed by atoms with Gasteiger partial charge in [-0.05, 0) is 36.6 Å². The molecular formula is C21H23N3O3. The van der Waals surface area contributed by atoms with E-state index in [1.54, 1.807) is 18.7 Å². The molecule has 0 saturated heterocycles. The summed E-state index contributed by atoms with van der Waals surface area (Å²) in [5, 5.41) is 6.56. The van der Waals surface area contributed by atoms with Crippen LogP contribution in [0.3, 0.4) is 0 Å². The van der Waals surface area contributed by atoms with Crippen molar-refractivity contribution < 1.29 is 14.0 Å². The maximum Gasteiger partial charge on any atom is 0.224 e. The molecule has 140 valence electrons. The topological polar surface area (TPSA) is 84.2 Å². The predicted molar refractivity (Wildman–Crippen MR) is 103 cm³/mol. The summed E-state index contributed by atoms with van der Waals surface area (Å²) < 4.78 is 5.63. The first-order valence-electron chi connectivity index (χ1n) is 8.93. The summed E-state index contributed by atoms with van der Waals surface area (Å²) in [5.41, 5.74) is 4.86. The van der Waals surface area contributed by atoms with E-state index in [9.17, 15) is 9.59 Å². The smallest absolute Gasteiger partial charge is 0.224 e. The van der Waals surface area contributed by atoms with Crippen molar-refractivity contribution in [1.29, 1.82) is 0 Å². The number of fused-ring (bicyclic) bond motifs is 1. The Hall–Kier alpha value is -3.15. The Morgan fingerprint density at radius 1 is 1.11 bits per heavy atom. The molecule has 6 nitrogen and oxygen atoms in total. The van der Waals surface area contributed by atoms with E-state index < -0.39 is 0 Å². The second-order valence-electron chi connectivity index (χ2n) is 6.56. The first kappa shape index (κ1) is 18.6. The van der Waals surface area contributed by atoms with E-state index in [4.69, 9.17) is 4.42 Å². The third-order valence-electron chi connectivity index (χ3n) is 4.58. The fraction of sp³-hybridized carbons (Fsp3) is 0.286. The average Bonchev–Trinajstić information content (AvgIpc) is 3.07. The fourth-order valence-corrected chi connectivity index (χ4v) is 2.87. The minimum atomic E-state index is -0.129. The zero-order chi connectivity index (χ0) is 19.2. The monoisotopic (exact) mass is 365 g/mol. The number of nitrogens with one attached hydrogen (secondary N) is 2. The Labute approximate surface area is 158 Å². The summed E-state index contributed by atoms with van der Waals surface area (Å²) in [5.74, 6) is -0.241. The van der Waals surface area contributed by atoms with Crippen LogP contribution >= 0.6 is 0 Å². The Balaban J connectivity index is 1.45. The van der Waals surface area contributed by atoms with Crippen LogP contribution < -0.4 is 10.6 Å². The minimum Gasteiger partial charge on any atom is -0.464 e. The zero-order valence-electron chi connectivity index (χ0n) is 15.5. The van der Waals surface area contributed by atoms with E-state index in [0.29, 0.717) is 13.1 Å². The summed E-state index contributed by atoms with van der Waals surface area (Å²) in [7, 11) is 0. The quantitative estimate of drug-likeness (QED) is 0.674. The second-order valence-corrected chi connectivity index (χ2v) is 6.56. The molecule has 0 bridgehead atoms. The lowest BCUT2D eigenvalue weighted by Crippen LogP contribution is -2.31. The van der Waals surface area contributed by atoms with Gasteiger partial charge in [0.05, 0.1) is 12.7 Å². The van der Waals surface area contributed by atoms with Gasteiger partial charge in [0.2, 0.25) is 11.8 Å². The molecular weight excluding hydrogens is 342 g/mol. The van der Waals surface area contributed by atoms with Gasteiger partial charge in [-0.2, -0.15) is 0 Å². The van der Waals surface area contributed by atoms with Gasteiger partial charge in [-0.1, -0.05) is 18.2 Å². The molecule has 0 saturated carbocycles. The normalized spacial score (nSPS) is 10.7. The molecule has 0 radical (unpaired) electrons. The SMILES string of the molecule is Cc1ccc2c(CC(=O)NCCC(=O)NCc3cccnc3)coc2c1C. The number of benzene rings is 1. The van der Waals surface area contributed by atoms with E-state index in [-0.39, 0.29) is 24.7 Å². The van der Waals surface area contributed by atoms with Crippen LogP contribution in [0.15, 0.2) is 47.3 Å². The molecule has 6 heteroatoms. The minimum absolute atomic E-state index is 0.112. The molecule has 3 aromatic rings. The molecule has 3 rings (SSSR count). The highest BCUT2D eigenvalue weighted by atomic mass is 16.3. The Morgan fingerprint density at radius 2 is 1.96 bits per heavy atom. The van der Waals surface area contributed by atoms with Crippen LogP contribution in [0.4, 0.5) is 0 Å². The molecule has 2 N–H and O–H groups in total. The number of aromatic nitrogens is 1. The highest BCUT2D eigenvalue weighted by Gasteiger charge is 2.13. The van der Waals surface area contributed by atoms with E-state index in [2.05, 4.69) is 15.6 Å². The van der Waals surface area contributed by atoms with Gasteiger partial charge in [-0.3, -0.25) is 14.6 Å². The van der Waals surface area contributed by atoms with E-state index in [1.807, 2.05) is 38.1 Å². The van der Waals surface area contributed by atoms with E-state index in [1.165, 1.54) is 0 Å². The number of carbonyl (C=O) groups is 2. The largest absolute Gasteiger partial charge is 0.464 e. The van der Waals surface area contributed by atoms with Crippen LogP contribution in [-0.4, -0.2) is 23.3 Å². The maximum absolute atomic E-state index is 12.2. The summed E-state index contributed by atoms with van der Waals surface area (Å²) in [4.78, 5) is 28.0. The lowest BCUT2D eigenvalue weighted by molar-refractivity contribution is -0.122. The molecule has 0 fully saturated rings. The first-order chi connectivity index (χ1) is 13.0. The van der Waals surface area contributed by atoms with Crippen molar-refractivity contribution in [2.45, 2.75) is 33.2 Å². The van der Waals surface area contributed by atoms with Crippen LogP contribution in [0.25, 0.3) is 11.0 Å². The Morgan fingerprint density at radius 3 is 2.74 bits per heavy atom. The number of rotatable bonds is 7. The van der Waals surface area contributed by atoms with Gasteiger partial charge in [-0.25, -0.2) is 0 Å². The number of furan rings is 1. The molecule has 0 aliphatic carbocycles.